The number of ether oxygens (including phenoxy) is 5. The van der Waals surface area contributed by atoms with Crippen LogP contribution >= 0.6 is 0 Å². The smallest absolute Gasteiger partial charge is 0.407 e. The largest absolute Gasteiger partial charge is 0.530 e. The topological polar surface area (TPSA) is 176 Å². The molecule has 50 heavy (non-hydrogen) atoms. The summed E-state index contributed by atoms with van der Waals surface area (Å²) in [5.74, 6) is 0.445. The molecule has 15 heteroatoms. The van der Waals surface area contributed by atoms with Gasteiger partial charge < -0.3 is 48.9 Å². The Hall–Kier alpha value is -3.63. The average molecular weight is 719 g/mol. The number of aliphatic hydroxyl groups is 1. The first-order valence-corrected chi connectivity index (χ1v) is 18.6. The van der Waals surface area contributed by atoms with E-state index < -0.39 is 58.6 Å². The molecule has 0 saturated carbocycles. The molecule has 2 aromatic rings. The SMILES string of the molecule is CCCNC(=O)OCCCC(C)(C)CN(C[C@@H](O)[C@H](Cc1ccccc1)N(C(=O)[O-])[C@H]1CO[C@H]2OCC[C@H]21)S(=O)(=O)c1ccc2c(c1)OCO2. The number of amides is 2. The van der Waals surface area contributed by atoms with Crippen molar-refractivity contribution in [2.75, 3.05) is 46.2 Å². The fourth-order valence-corrected chi connectivity index (χ4v) is 8.50. The van der Waals surface area contributed by atoms with Gasteiger partial charge in [0.15, 0.2) is 17.8 Å². The first-order chi connectivity index (χ1) is 23.9. The van der Waals surface area contributed by atoms with Gasteiger partial charge in [0.25, 0.3) is 0 Å². The number of benzene rings is 2. The van der Waals surface area contributed by atoms with Crippen LogP contribution in [0.15, 0.2) is 53.4 Å². The van der Waals surface area contributed by atoms with Crippen molar-refractivity contribution < 1.29 is 51.9 Å². The van der Waals surface area contributed by atoms with Crippen molar-refractivity contribution in [1.29, 1.82) is 0 Å². The molecule has 0 radical (unpaired) electrons. The number of carbonyl (C=O) groups excluding carboxylic acids is 2. The van der Waals surface area contributed by atoms with Crippen LogP contribution in [0, 0.1) is 11.3 Å². The highest BCUT2D eigenvalue weighted by molar-refractivity contribution is 7.89. The van der Waals surface area contributed by atoms with Crippen LogP contribution in [0.4, 0.5) is 9.59 Å². The Morgan fingerprint density at radius 2 is 1.88 bits per heavy atom. The van der Waals surface area contributed by atoms with Crippen molar-refractivity contribution in [3.8, 4) is 11.5 Å². The standard InChI is InChI=1S/C35H49N3O11S/c1-4-15-36-33(40)46-16-8-14-35(2,3)22-37(50(43,44)25-11-12-30-31(19-25)49-23-48-30)20-29(39)27(18-24-9-6-5-7-10-24)38(34(41)42)28-21-47-32-26(28)13-17-45-32/h5-7,9-12,19,26-29,32,39H,4,8,13-18,20-23H2,1-3H3,(H,36,40)(H,41,42)/p-1/t26-,27-,28-,29+,32+/m0/s1. The molecule has 2 saturated heterocycles. The second kappa shape index (κ2) is 16.6. The minimum Gasteiger partial charge on any atom is -0.530 e. The van der Waals surface area contributed by atoms with Gasteiger partial charge in [-0.2, -0.15) is 4.31 Å². The molecule has 276 valence electrons. The number of hydrogen-bond donors (Lipinski definition) is 2. The van der Waals surface area contributed by atoms with Crippen LogP contribution in [0.3, 0.4) is 0 Å². The van der Waals surface area contributed by atoms with E-state index in [-0.39, 0.29) is 49.5 Å². The van der Waals surface area contributed by atoms with Crippen LogP contribution in [-0.4, -0.2) is 106 Å². The van der Waals surface area contributed by atoms with Gasteiger partial charge in [-0.25, -0.2) is 13.2 Å². The molecule has 3 aliphatic rings. The summed E-state index contributed by atoms with van der Waals surface area (Å²) in [5.41, 5.74) is 0.109. The molecule has 0 bridgehead atoms. The number of nitrogens with one attached hydrogen (secondary N) is 1. The van der Waals surface area contributed by atoms with E-state index in [1.54, 1.807) is 0 Å². The molecule has 0 spiro atoms. The van der Waals surface area contributed by atoms with Gasteiger partial charge in [0, 0.05) is 31.6 Å². The normalized spacial score (nSPS) is 21.1. The summed E-state index contributed by atoms with van der Waals surface area (Å²) in [6, 6.07) is 11.7. The Kier molecular flexibility index (Phi) is 12.5. The van der Waals surface area contributed by atoms with E-state index in [0.717, 1.165) is 16.9 Å². The Morgan fingerprint density at radius 3 is 2.62 bits per heavy atom. The summed E-state index contributed by atoms with van der Waals surface area (Å²) in [6.45, 7) is 6.36. The Labute approximate surface area is 293 Å². The van der Waals surface area contributed by atoms with Gasteiger partial charge in [0.1, 0.15) is 6.09 Å². The highest BCUT2D eigenvalue weighted by atomic mass is 32.2. The first kappa shape index (κ1) is 37.6. The van der Waals surface area contributed by atoms with Crippen LogP contribution in [0.1, 0.15) is 52.0 Å². The van der Waals surface area contributed by atoms with Crippen LogP contribution in [0.5, 0.6) is 11.5 Å². The summed E-state index contributed by atoms with van der Waals surface area (Å²) in [7, 11) is -4.27. The maximum absolute atomic E-state index is 14.4. The molecule has 2 aromatic carbocycles. The van der Waals surface area contributed by atoms with Crippen molar-refractivity contribution >= 4 is 22.2 Å². The van der Waals surface area contributed by atoms with Gasteiger partial charge in [-0.3, -0.25) is 0 Å². The highest BCUT2D eigenvalue weighted by Crippen LogP contribution is 2.38. The van der Waals surface area contributed by atoms with E-state index in [2.05, 4.69) is 5.32 Å². The van der Waals surface area contributed by atoms with E-state index in [4.69, 9.17) is 23.7 Å². The van der Waals surface area contributed by atoms with Gasteiger partial charge in [-0.05, 0) is 55.2 Å². The molecule has 0 aliphatic carbocycles. The minimum absolute atomic E-state index is 0.0304. The molecule has 3 aliphatic heterocycles. The Bertz CT molecular complexity index is 1560. The lowest BCUT2D eigenvalue weighted by molar-refractivity contribution is -0.273. The maximum atomic E-state index is 14.4. The molecule has 2 N–H and O–H groups in total. The quantitative estimate of drug-likeness (QED) is 0.230. The summed E-state index contributed by atoms with van der Waals surface area (Å²) < 4.78 is 57.6. The molecule has 2 amide bonds. The van der Waals surface area contributed by atoms with Crippen LogP contribution < -0.4 is 19.9 Å². The highest BCUT2D eigenvalue weighted by Gasteiger charge is 2.47. The second-order valence-corrected chi connectivity index (χ2v) is 15.7. The third-order valence-electron chi connectivity index (χ3n) is 9.39. The number of aliphatic hydroxyl groups excluding tert-OH is 1. The molecule has 14 nitrogen and oxygen atoms in total. The van der Waals surface area contributed by atoms with Crippen LogP contribution in [0.2, 0.25) is 0 Å². The minimum atomic E-state index is -4.27. The van der Waals surface area contributed by atoms with Crippen molar-refractivity contribution in [2.45, 2.75) is 82.2 Å². The third kappa shape index (κ3) is 9.18. The Morgan fingerprint density at radius 1 is 1.12 bits per heavy atom. The van der Waals surface area contributed by atoms with Gasteiger partial charge >= 0.3 is 6.09 Å². The van der Waals surface area contributed by atoms with Crippen molar-refractivity contribution in [3.63, 3.8) is 0 Å². The first-order valence-electron chi connectivity index (χ1n) is 17.1. The molecule has 5 rings (SSSR count). The molecule has 3 heterocycles. The van der Waals surface area contributed by atoms with Gasteiger partial charge in [0.2, 0.25) is 16.8 Å². The molecule has 2 fully saturated rings. The summed E-state index contributed by atoms with van der Waals surface area (Å²) >= 11 is 0. The van der Waals surface area contributed by atoms with Gasteiger partial charge in [0.05, 0.1) is 42.9 Å². The molecular formula is C35H48N3O11S-. The zero-order chi connectivity index (χ0) is 35.9. The van der Waals surface area contributed by atoms with E-state index in [1.165, 1.54) is 22.5 Å². The number of nitrogens with zero attached hydrogens (tertiary/aromatic N) is 2. The predicted octanol–water partition coefficient (Wildman–Crippen LogP) is 2.73. The zero-order valence-corrected chi connectivity index (χ0v) is 29.6. The lowest BCUT2D eigenvalue weighted by atomic mass is 9.87. The Balaban J connectivity index is 1.42. The number of carboxylic acid groups (broad SMARTS) is 1. The third-order valence-corrected chi connectivity index (χ3v) is 11.2. The van der Waals surface area contributed by atoms with Gasteiger partial charge in [-0.15, -0.1) is 0 Å². The number of alkyl carbamates (subject to hydrolysis) is 1. The predicted molar refractivity (Wildman–Crippen MR) is 179 cm³/mol. The van der Waals surface area contributed by atoms with Crippen molar-refractivity contribution in [1.82, 2.24) is 14.5 Å². The van der Waals surface area contributed by atoms with Gasteiger partial charge in [-0.1, -0.05) is 51.1 Å². The molecule has 5 atom stereocenters. The van der Waals surface area contributed by atoms with E-state index in [9.17, 15) is 28.2 Å². The second-order valence-electron chi connectivity index (χ2n) is 13.7. The summed E-state index contributed by atoms with van der Waals surface area (Å²) in [5, 5.41) is 27.6. The van der Waals surface area contributed by atoms with E-state index in [0.29, 0.717) is 38.2 Å². The average Bonchev–Trinajstić information content (AvgIpc) is 3.84. The lowest BCUT2D eigenvalue weighted by Crippen LogP contribution is -2.61. The zero-order valence-electron chi connectivity index (χ0n) is 28.8. The lowest BCUT2D eigenvalue weighted by Gasteiger charge is -2.43. The van der Waals surface area contributed by atoms with Crippen molar-refractivity contribution in [3.05, 3.63) is 54.1 Å². The van der Waals surface area contributed by atoms with Crippen LogP contribution in [-0.2, 0) is 30.7 Å². The van der Waals surface area contributed by atoms with Crippen LogP contribution in [0.25, 0.3) is 0 Å². The number of sulfonamides is 1. The maximum Gasteiger partial charge on any atom is 0.407 e. The molecular weight excluding hydrogens is 670 g/mol. The fourth-order valence-electron chi connectivity index (χ4n) is 6.84. The van der Waals surface area contributed by atoms with E-state index in [1.807, 2.05) is 51.1 Å². The summed E-state index contributed by atoms with van der Waals surface area (Å²) in [6.07, 6.45) is -1.61. The number of fused-ring (bicyclic) bond motifs is 2. The monoisotopic (exact) mass is 718 g/mol. The summed E-state index contributed by atoms with van der Waals surface area (Å²) in [4.78, 5) is 25.9. The number of hydrogen-bond acceptors (Lipinski definition) is 11. The fraction of sp³-hybridized carbons (Fsp3) is 0.600. The molecule has 0 unspecified atom stereocenters. The van der Waals surface area contributed by atoms with E-state index >= 15 is 0 Å². The number of rotatable bonds is 17. The molecule has 0 aromatic heterocycles. The number of carbonyl (C=O) groups is 2. The van der Waals surface area contributed by atoms with Crippen molar-refractivity contribution in [2.24, 2.45) is 11.3 Å².